The third-order valence-corrected chi connectivity index (χ3v) is 6.44. The molecule has 1 aliphatic carbocycles. The number of halogens is 1. The predicted molar refractivity (Wildman–Crippen MR) is 133 cm³/mol. The van der Waals surface area contributed by atoms with Crippen molar-refractivity contribution in [3.63, 3.8) is 0 Å². The topological polar surface area (TPSA) is 115 Å². The van der Waals surface area contributed by atoms with Crippen LogP contribution in [0.5, 0.6) is 0 Å². The highest BCUT2D eigenvalue weighted by molar-refractivity contribution is 6.33. The molecule has 2 heterocycles. The number of hydrogen-bond donors (Lipinski definition) is 3. The summed E-state index contributed by atoms with van der Waals surface area (Å²) >= 11 is 6.11. The first-order valence-corrected chi connectivity index (χ1v) is 11.5. The maximum absolute atomic E-state index is 13.5. The molecule has 1 aliphatic rings. The molecule has 4 N–H and O–H groups in total. The first-order valence-electron chi connectivity index (χ1n) is 11.1. The molecule has 5 rings (SSSR count). The smallest absolute Gasteiger partial charge is 0.323 e. The molecule has 0 atom stereocenters. The summed E-state index contributed by atoms with van der Waals surface area (Å²) in [4.78, 5) is 34.5. The van der Waals surface area contributed by atoms with Crippen molar-refractivity contribution in [1.29, 1.82) is 0 Å². The molecule has 0 aliphatic heterocycles. The largest absolute Gasteiger partial charge is 0.383 e. The van der Waals surface area contributed by atoms with E-state index >= 15 is 0 Å². The van der Waals surface area contributed by atoms with Crippen molar-refractivity contribution in [2.75, 3.05) is 16.4 Å². The maximum Gasteiger partial charge on any atom is 0.323 e. The van der Waals surface area contributed by atoms with Crippen LogP contribution in [0, 0.1) is 0 Å². The molecule has 2 aromatic carbocycles. The van der Waals surface area contributed by atoms with E-state index < -0.39 is 6.03 Å². The Balaban J connectivity index is 1.43. The van der Waals surface area contributed by atoms with Crippen molar-refractivity contribution >= 4 is 51.6 Å². The number of nitrogens with two attached hydrogens (primary N) is 1. The quantitative estimate of drug-likeness (QED) is 0.323. The number of amides is 2. The Hall–Kier alpha value is -3.91. The number of benzene rings is 2. The fourth-order valence-electron chi connectivity index (χ4n) is 4.48. The molecule has 9 heteroatoms. The van der Waals surface area contributed by atoms with Crippen LogP contribution in [0.2, 0.25) is 5.02 Å². The van der Waals surface area contributed by atoms with E-state index in [1.54, 1.807) is 48.5 Å². The van der Waals surface area contributed by atoms with E-state index in [4.69, 9.17) is 17.3 Å². The molecule has 172 valence electrons. The lowest BCUT2D eigenvalue weighted by molar-refractivity contribution is 0.104. The van der Waals surface area contributed by atoms with Gasteiger partial charge in [-0.2, -0.15) is 0 Å². The number of rotatable bonds is 5. The van der Waals surface area contributed by atoms with Crippen LogP contribution < -0.4 is 16.4 Å². The second kappa shape index (κ2) is 9.15. The molecule has 0 unspecified atom stereocenters. The highest BCUT2D eigenvalue weighted by Crippen LogP contribution is 2.35. The summed E-state index contributed by atoms with van der Waals surface area (Å²) < 4.78 is 2.06. The van der Waals surface area contributed by atoms with Crippen molar-refractivity contribution in [3.05, 3.63) is 77.2 Å². The molecular formula is C25H23ClN6O2. The first-order chi connectivity index (χ1) is 16.5. The van der Waals surface area contributed by atoms with Crippen LogP contribution in [0.25, 0.3) is 11.0 Å². The van der Waals surface area contributed by atoms with Crippen LogP contribution in [-0.4, -0.2) is 26.3 Å². The van der Waals surface area contributed by atoms with Gasteiger partial charge in [-0.3, -0.25) is 4.79 Å². The van der Waals surface area contributed by atoms with E-state index in [1.807, 2.05) is 6.20 Å². The van der Waals surface area contributed by atoms with Crippen LogP contribution in [0.4, 0.5) is 22.0 Å². The summed E-state index contributed by atoms with van der Waals surface area (Å²) in [5.74, 6) is 0.0666. The summed E-state index contributed by atoms with van der Waals surface area (Å²) in [6.07, 6.45) is 7.66. The monoisotopic (exact) mass is 474 g/mol. The van der Waals surface area contributed by atoms with Gasteiger partial charge in [0.1, 0.15) is 17.8 Å². The zero-order valence-electron chi connectivity index (χ0n) is 18.3. The molecular weight excluding hydrogens is 452 g/mol. The number of carbonyl (C=O) groups excluding carboxylic acids is 2. The minimum absolute atomic E-state index is 0.210. The predicted octanol–water partition coefficient (Wildman–Crippen LogP) is 5.66. The van der Waals surface area contributed by atoms with Gasteiger partial charge in [0.05, 0.1) is 21.7 Å². The van der Waals surface area contributed by atoms with Crippen molar-refractivity contribution in [2.45, 2.75) is 31.7 Å². The molecule has 4 aromatic rings. The van der Waals surface area contributed by atoms with Gasteiger partial charge in [0.2, 0.25) is 0 Å². The van der Waals surface area contributed by atoms with Gasteiger partial charge in [-0.05, 0) is 37.1 Å². The number of carbonyl (C=O) groups is 2. The standard InChI is InChI=1S/C25H23ClN6O2/c26-19-10-3-4-11-20(19)31-25(34)30-16-7-5-6-15(12-16)22(33)18-13-32(17-8-1-2-9-17)24-21(18)23(27)28-14-29-24/h3-7,10-14,17H,1-2,8-9H2,(H2,27,28,29)(H2,30,31,34). The highest BCUT2D eigenvalue weighted by Gasteiger charge is 2.25. The lowest BCUT2D eigenvalue weighted by atomic mass is 10.0. The molecule has 1 fully saturated rings. The Morgan fingerprint density at radius 2 is 1.82 bits per heavy atom. The summed E-state index contributed by atoms with van der Waals surface area (Å²) in [6.45, 7) is 0. The zero-order chi connectivity index (χ0) is 23.7. The van der Waals surface area contributed by atoms with Gasteiger partial charge in [0, 0.05) is 23.5 Å². The molecule has 0 saturated heterocycles. The summed E-state index contributed by atoms with van der Waals surface area (Å²) in [6, 6.07) is 13.5. The normalized spacial score (nSPS) is 13.8. The van der Waals surface area contributed by atoms with E-state index in [0.29, 0.717) is 44.6 Å². The third kappa shape index (κ3) is 4.20. The number of nitrogens with one attached hydrogen (secondary N) is 2. The van der Waals surface area contributed by atoms with Crippen LogP contribution >= 0.6 is 11.6 Å². The molecule has 0 radical (unpaired) electrons. The van der Waals surface area contributed by atoms with Gasteiger partial charge < -0.3 is 20.9 Å². The molecule has 2 amide bonds. The van der Waals surface area contributed by atoms with Crippen molar-refractivity contribution in [3.8, 4) is 0 Å². The number of fused-ring (bicyclic) bond motifs is 1. The first kappa shape index (κ1) is 21.9. The Bertz CT molecular complexity index is 1390. The Morgan fingerprint density at radius 3 is 2.62 bits per heavy atom. The van der Waals surface area contributed by atoms with Gasteiger partial charge in [-0.1, -0.05) is 48.7 Å². The van der Waals surface area contributed by atoms with Crippen molar-refractivity contribution in [2.24, 2.45) is 0 Å². The van der Waals surface area contributed by atoms with Crippen LogP contribution in [0.1, 0.15) is 47.6 Å². The number of nitrogen functional groups attached to an aromatic ring is 1. The summed E-state index contributed by atoms with van der Waals surface area (Å²) in [5, 5.41) is 6.44. The van der Waals surface area contributed by atoms with Crippen molar-refractivity contribution in [1.82, 2.24) is 14.5 Å². The van der Waals surface area contributed by atoms with E-state index in [2.05, 4.69) is 25.2 Å². The van der Waals surface area contributed by atoms with Crippen LogP contribution in [0.3, 0.4) is 0 Å². The summed E-state index contributed by atoms with van der Waals surface area (Å²) in [7, 11) is 0. The zero-order valence-corrected chi connectivity index (χ0v) is 19.0. The Labute approximate surface area is 201 Å². The summed E-state index contributed by atoms with van der Waals surface area (Å²) in [5.41, 5.74) is 8.69. The average Bonchev–Trinajstić information content (AvgIpc) is 3.49. The van der Waals surface area contributed by atoms with E-state index in [1.165, 1.54) is 6.33 Å². The number of ketones is 1. The average molecular weight is 475 g/mol. The second-order valence-corrected chi connectivity index (χ2v) is 8.72. The van der Waals surface area contributed by atoms with Gasteiger partial charge in [0.25, 0.3) is 0 Å². The molecule has 8 nitrogen and oxygen atoms in total. The second-order valence-electron chi connectivity index (χ2n) is 8.31. The van der Waals surface area contributed by atoms with E-state index in [-0.39, 0.29) is 11.6 Å². The molecule has 2 aromatic heterocycles. The van der Waals surface area contributed by atoms with Crippen molar-refractivity contribution < 1.29 is 9.59 Å². The highest BCUT2D eigenvalue weighted by atomic mass is 35.5. The molecule has 34 heavy (non-hydrogen) atoms. The minimum Gasteiger partial charge on any atom is -0.383 e. The van der Waals surface area contributed by atoms with E-state index in [0.717, 1.165) is 25.7 Å². The Kier molecular flexibility index (Phi) is 5.90. The van der Waals surface area contributed by atoms with Gasteiger partial charge in [-0.25, -0.2) is 14.8 Å². The lowest BCUT2D eigenvalue weighted by Crippen LogP contribution is -2.19. The number of para-hydroxylation sites is 1. The minimum atomic E-state index is -0.465. The number of urea groups is 1. The Morgan fingerprint density at radius 1 is 1.03 bits per heavy atom. The fourth-order valence-corrected chi connectivity index (χ4v) is 4.67. The molecule has 0 spiro atoms. The number of hydrogen-bond acceptors (Lipinski definition) is 5. The maximum atomic E-state index is 13.5. The SMILES string of the molecule is Nc1ncnc2c1c(C(=O)c1cccc(NC(=O)Nc3ccccc3Cl)c1)cn2C1CCCC1. The lowest BCUT2D eigenvalue weighted by Gasteiger charge is -2.12. The number of anilines is 3. The fraction of sp³-hybridized carbons (Fsp3) is 0.200. The molecule has 0 bridgehead atoms. The van der Waals surface area contributed by atoms with E-state index in [9.17, 15) is 9.59 Å². The van der Waals surface area contributed by atoms with Gasteiger partial charge in [-0.15, -0.1) is 0 Å². The number of nitrogens with zero attached hydrogens (tertiary/aromatic N) is 3. The number of aromatic nitrogens is 3. The van der Waals surface area contributed by atoms with Crippen LogP contribution in [0.15, 0.2) is 61.1 Å². The van der Waals surface area contributed by atoms with Gasteiger partial charge >= 0.3 is 6.03 Å². The van der Waals surface area contributed by atoms with Crippen LogP contribution in [-0.2, 0) is 0 Å². The molecule has 1 saturated carbocycles. The van der Waals surface area contributed by atoms with Gasteiger partial charge in [0.15, 0.2) is 5.78 Å². The third-order valence-electron chi connectivity index (χ3n) is 6.11.